The molecule has 1 atom stereocenters. The van der Waals surface area contributed by atoms with Crippen LogP contribution in [0.25, 0.3) is 0 Å². The van der Waals surface area contributed by atoms with Crippen LogP contribution in [0.3, 0.4) is 0 Å². The highest BCUT2D eigenvalue weighted by Gasteiger charge is 2.33. The number of amides is 3. The SMILES string of the molecule is CC(C)CCN(C(=O)CNC(=O)c1cccs1)C(C(=O)NC1CCCC1)c1ccccc1. The van der Waals surface area contributed by atoms with Crippen LogP contribution in [0.1, 0.15) is 67.2 Å². The highest BCUT2D eigenvalue weighted by molar-refractivity contribution is 7.12. The quantitative estimate of drug-likeness (QED) is 0.565. The summed E-state index contributed by atoms with van der Waals surface area (Å²) in [6.45, 7) is 4.49. The number of hydrogen-bond donors (Lipinski definition) is 2. The molecule has 0 bridgehead atoms. The van der Waals surface area contributed by atoms with E-state index >= 15 is 0 Å². The third-order valence-corrected chi connectivity index (χ3v) is 6.66. The first-order valence-corrected chi connectivity index (χ1v) is 12.3. The maximum atomic E-state index is 13.4. The van der Waals surface area contributed by atoms with Crippen molar-refractivity contribution in [3.05, 3.63) is 58.3 Å². The minimum atomic E-state index is -0.721. The lowest BCUT2D eigenvalue weighted by molar-refractivity contribution is -0.140. The van der Waals surface area contributed by atoms with E-state index in [1.54, 1.807) is 17.0 Å². The van der Waals surface area contributed by atoms with E-state index in [0.29, 0.717) is 17.3 Å². The number of nitrogens with zero attached hydrogens (tertiary/aromatic N) is 1. The predicted octanol–water partition coefficient (Wildman–Crippen LogP) is 4.15. The summed E-state index contributed by atoms with van der Waals surface area (Å²) in [6, 6.07) is 12.4. The molecule has 1 saturated carbocycles. The Balaban J connectivity index is 1.80. The Morgan fingerprint density at radius 3 is 2.41 bits per heavy atom. The molecule has 2 aromatic rings. The van der Waals surface area contributed by atoms with Gasteiger partial charge in [0.15, 0.2) is 0 Å². The number of carbonyl (C=O) groups is 3. The third-order valence-electron chi connectivity index (χ3n) is 5.79. The van der Waals surface area contributed by atoms with Crippen LogP contribution in [-0.4, -0.2) is 41.8 Å². The van der Waals surface area contributed by atoms with Crippen LogP contribution in [0.5, 0.6) is 0 Å². The van der Waals surface area contributed by atoms with Crippen LogP contribution in [0.15, 0.2) is 47.8 Å². The van der Waals surface area contributed by atoms with E-state index in [2.05, 4.69) is 24.5 Å². The molecular formula is C25H33N3O3S. The maximum Gasteiger partial charge on any atom is 0.261 e. The van der Waals surface area contributed by atoms with E-state index in [1.165, 1.54) is 11.3 Å². The molecule has 1 aromatic heterocycles. The number of hydrogen-bond acceptors (Lipinski definition) is 4. The summed E-state index contributed by atoms with van der Waals surface area (Å²) in [5, 5.41) is 7.71. The molecular weight excluding hydrogens is 422 g/mol. The largest absolute Gasteiger partial charge is 0.351 e. The minimum absolute atomic E-state index is 0.144. The van der Waals surface area contributed by atoms with Gasteiger partial charge in [0.1, 0.15) is 6.04 Å². The highest BCUT2D eigenvalue weighted by Crippen LogP contribution is 2.25. The summed E-state index contributed by atoms with van der Waals surface area (Å²) in [5.74, 6) is -0.306. The molecule has 1 heterocycles. The molecule has 0 aliphatic heterocycles. The van der Waals surface area contributed by atoms with Crippen molar-refractivity contribution in [1.82, 2.24) is 15.5 Å². The Morgan fingerprint density at radius 2 is 1.78 bits per heavy atom. The molecule has 32 heavy (non-hydrogen) atoms. The van der Waals surface area contributed by atoms with Gasteiger partial charge in [0.05, 0.1) is 11.4 Å². The van der Waals surface area contributed by atoms with Crippen LogP contribution in [-0.2, 0) is 9.59 Å². The summed E-state index contributed by atoms with van der Waals surface area (Å²) in [5.41, 5.74) is 0.782. The molecule has 3 amide bonds. The van der Waals surface area contributed by atoms with Crippen molar-refractivity contribution < 1.29 is 14.4 Å². The van der Waals surface area contributed by atoms with Crippen molar-refractivity contribution in [1.29, 1.82) is 0 Å². The standard InChI is InChI=1S/C25H33N3O3S/c1-18(2)14-15-28(22(29)17-26-24(30)21-13-8-16-32-21)23(19-9-4-3-5-10-19)25(31)27-20-11-6-7-12-20/h3-5,8-10,13,16,18,20,23H,6-7,11-12,14-15,17H2,1-2H3,(H,26,30)(H,27,31). The Hall–Kier alpha value is -2.67. The zero-order valence-electron chi connectivity index (χ0n) is 18.9. The van der Waals surface area contributed by atoms with Crippen LogP contribution < -0.4 is 10.6 Å². The number of benzene rings is 1. The molecule has 1 aliphatic rings. The Bertz CT molecular complexity index is 877. The predicted molar refractivity (Wildman–Crippen MR) is 127 cm³/mol. The monoisotopic (exact) mass is 455 g/mol. The molecule has 0 spiro atoms. The number of carbonyl (C=O) groups excluding carboxylic acids is 3. The van der Waals surface area contributed by atoms with E-state index in [0.717, 1.165) is 37.7 Å². The summed E-state index contributed by atoms with van der Waals surface area (Å²) in [6.07, 6.45) is 4.95. The number of thiophene rings is 1. The molecule has 0 saturated heterocycles. The van der Waals surface area contributed by atoms with Gasteiger partial charge in [0, 0.05) is 12.6 Å². The van der Waals surface area contributed by atoms with Gasteiger partial charge in [-0.25, -0.2) is 0 Å². The van der Waals surface area contributed by atoms with E-state index in [-0.39, 0.29) is 30.3 Å². The average molecular weight is 456 g/mol. The fourth-order valence-corrected chi connectivity index (χ4v) is 4.65. The highest BCUT2D eigenvalue weighted by atomic mass is 32.1. The zero-order chi connectivity index (χ0) is 22.9. The molecule has 1 aliphatic carbocycles. The van der Waals surface area contributed by atoms with Crippen molar-refractivity contribution in [2.75, 3.05) is 13.1 Å². The molecule has 1 fully saturated rings. The van der Waals surface area contributed by atoms with Gasteiger partial charge < -0.3 is 15.5 Å². The summed E-state index contributed by atoms with van der Waals surface area (Å²) >= 11 is 1.33. The molecule has 2 N–H and O–H groups in total. The smallest absolute Gasteiger partial charge is 0.261 e. The fraction of sp³-hybridized carbons (Fsp3) is 0.480. The van der Waals surface area contributed by atoms with Gasteiger partial charge in [-0.1, -0.05) is 63.1 Å². The van der Waals surface area contributed by atoms with Crippen LogP contribution in [0, 0.1) is 5.92 Å². The van der Waals surface area contributed by atoms with E-state index < -0.39 is 6.04 Å². The van der Waals surface area contributed by atoms with Gasteiger partial charge in [-0.2, -0.15) is 0 Å². The number of nitrogens with one attached hydrogen (secondary N) is 2. The van der Waals surface area contributed by atoms with Gasteiger partial charge in [0.2, 0.25) is 11.8 Å². The molecule has 6 nitrogen and oxygen atoms in total. The van der Waals surface area contributed by atoms with Crippen molar-refractivity contribution >= 4 is 29.1 Å². The third kappa shape index (κ3) is 6.66. The first-order valence-electron chi connectivity index (χ1n) is 11.4. The Labute approximate surface area is 194 Å². The van der Waals surface area contributed by atoms with E-state index in [9.17, 15) is 14.4 Å². The molecule has 3 rings (SSSR count). The van der Waals surface area contributed by atoms with Crippen molar-refractivity contribution in [2.45, 2.75) is 58.0 Å². The fourth-order valence-electron chi connectivity index (χ4n) is 4.01. The Kier molecular flexibility index (Phi) is 8.85. The topological polar surface area (TPSA) is 78.5 Å². The van der Waals surface area contributed by atoms with Gasteiger partial charge >= 0.3 is 0 Å². The van der Waals surface area contributed by atoms with Crippen molar-refractivity contribution in [3.63, 3.8) is 0 Å². The second-order valence-corrected chi connectivity index (χ2v) is 9.68. The molecule has 172 valence electrons. The maximum absolute atomic E-state index is 13.4. The van der Waals surface area contributed by atoms with Crippen LogP contribution >= 0.6 is 11.3 Å². The first kappa shape index (κ1) is 24.0. The van der Waals surface area contributed by atoms with Gasteiger partial charge in [-0.3, -0.25) is 14.4 Å². The first-order chi connectivity index (χ1) is 15.5. The average Bonchev–Trinajstić information content (AvgIpc) is 3.49. The van der Waals surface area contributed by atoms with E-state index in [4.69, 9.17) is 0 Å². The minimum Gasteiger partial charge on any atom is -0.351 e. The second kappa shape index (κ2) is 11.8. The molecule has 1 aromatic carbocycles. The van der Waals surface area contributed by atoms with Gasteiger partial charge in [-0.05, 0) is 42.2 Å². The number of rotatable bonds is 10. The van der Waals surface area contributed by atoms with Gasteiger partial charge in [-0.15, -0.1) is 11.3 Å². The summed E-state index contributed by atoms with van der Waals surface area (Å²) < 4.78 is 0. The van der Waals surface area contributed by atoms with Crippen molar-refractivity contribution in [2.24, 2.45) is 5.92 Å². The Morgan fingerprint density at radius 1 is 1.06 bits per heavy atom. The van der Waals surface area contributed by atoms with Crippen LogP contribution in [0.4, 0.5) is 0 Å². The van der Waals surface area contributed by atoms with E-state index in [1.807, 2.05) is 35.7 Å². The second-order valence-electron chi connectivity index (χ2n) is 8.73. The molecule has 7 heteroatoms. The molecule has 0 radical (unpaired) electrons. The lowest BCUT2D eigenvalue weighted by Gasteiger charge is -2.33. The zero-order valence-corrected chi connectivity index (χ0v) is 19.7. The lowest BCUT2D eigenvalue weighted by Crippen LogP contribution is -2.49. The lowest BCUT2D eigenvalue weighted by atomic mass is 10.0. The summed E-state index contributed by atoms with van der Waals surface area (Å²) in [7, 11) is 0. The summed E-state index contributed by atoms with van der Waals surface area (Å²) in [4.78, 5) is 41.3. The normalized spacial score (nSPS) is 14.8. The van der Waals surface area contributed by atoms with Gasteiger partial charge in [0.25, 0.3) is 5.91 Å². The van der Waals surface area contributed by atoms with Crippen molar-refractivity contribution in [3.8, 4) is 0 Å². The van der Waals surface area contributed by atoms with Crippen LogP contribution in [0.2, 0.25) is 0 Å². The molecule has 1 unspecified atom stereocenters.